The first-order chi connectivity index (χ1) is 16.6. The lowest BCUT2D eigenvalue weighted by Gasteiger charge is -2.17. The summed E-state index contributed by atoms with van der Waals surface area (Å²) in [5.74, 6) is -1.07. The van der Waals surface area contributed by atoms with Gasteiger partial charge in [-0.25, -0.2) is 0 Å². The number of hydrogen-bond acceptors (Lipinski definition) is 6. The number of alkyl halides is 3. The maximum Gasteiger partial charge on any atom is 0.418 e. The summed E-state index contributed by atoms with van der Waals surface area (Å²) in [7, 11) is 0. The van der Waals surface area contributed by atoms with Crippen LogP contribution in [0.2, 0.25) is 0 Å². The Bertz CT molecular complexity index is 1260. The Morgan fingerprint density at radius 2 is 1.86 bits per heavy atom. The first-order valence-electron chi connectivity index (χ1n) is 10.4. The molecule has 1 fully saturated rings. The zero-order valence-electron chi connectivity index (χ0n) is 18.0. The molecule has 1 aliphatic rings. The average Bonchev–Trinajstić information content (AvgIpc) is 3.59. The van der Waals surface area contributed by atoms with E-state index in [0.717, 1.165) is 6.07 Å². The number of pyridine rings is 2. The highest BCUT2D eigenvalue weighted by Gasteiger charge is 2.51. The van der Waals surface area contributed by atoms with E-state index >= 15 is 0 Å². The minimum Gasteiger partial charge on any atom is -0.506 e. The zero-order valence-corrected chi connectivity index (χ0v) is 19.6. The molecule has 0 radical (unpaired) electrons. The lowest BCUT2D eigenvalue weighted by Crippen LogP contribution is -2.48. The first kappa shape index (κ1) is 24.5. The third kappa shape index (κ3) is 5.88. The molecule has 182 valence electrons. The van der Waals surface area contributed by atoms with Crippen LogP contribution in [0.5, 0.6) is 5.75 Å². The Balaban J connectivity index is 1.35. The first-order valence-corrected chi connectivity index (χ1v) is 11.2. The average molecular weight is 550 g/mol. The smallest absolute Gasteiger partial charge is 0.418 e. The number of aromatic nitrogens is 2. The van der Waals surface area contributed by atoms with E-state index in [9.17, 15) is 27.9 Å². The number of hydrogen-bond donors (Lipinski definition) is 4. The van der Waals surface area contributed by atoms with E-state index in [0.29, 0.717) is 28.7 Å². The molecular formula is C23H19BrF3N5O3. The molecule has 4 rings (SSSR count). The standard InChI is InChI=1S/C23H19BrF3N5O3/c24-14-1-4-19(18(8-14)23(25,26)27)31-16-3-2-15(29-11-16)10-30-21(35)22(5-6-22)32-20(34)13-7-17(33)12-28-9-13/h1-4,7-9,11-12,31,33H,5-6,10H2,(H,30,35)(H,32,34). The molecule has 0 bridgehead atoms. The molecule has 4 N–H and O–H groups in total. The van der Waals surface area contributed by atoms with Crippen molar-refractivity contribution in [2.75, 3.05) is 5.32 Å². The van der Waals surface area contributed by atoms with Crippen molar-refractivity contribution in [2.45, 2.75) is 31.1 Å². The van der Waals surface area contributed by atoms with Gasteiger partial charge in [0.05, 0.1) is 47.1 Å². The molecule has 1 aliphatic carbocycles. The van der Waals surface area contributed by atoms with Gasteiger partial charge in [-0.3, -0.25) is 19.6 Å². The highest BCUT2D eigenvalue weighted by Crippen LogP contribution is 2.38. The molecule has 0 saturated heterocycles. The van der Waals surface area contributed by atoms with E-state index < -0.39 is 23.2 Å². The van der Waals surface area contributed by atoms with Crippen LogP contribution in [0, 0.1) is 0 Å². The fourth-order valence-electron chi connectivity index (χ4n) is 3.33. The molecule has 12 heteroatoms. The maximum atomic E-state index is 13.3. The normalized spacial score (nSPS) is 14.2. The molecule has 0 spiro atoms. The molecule has 2 amide bonds. The maximum absolute atomic E-state index is 13.3. The number of halogens is 4. The van der Waals surface area contributed by atoms with Gasteiger partial charge in [0.25, 0.3) is 5.91 Å². The number of rotatable bonds is 7. The van der Waals surface area contributed by atoms with Gasteiger partial charge < -0.3 is 21.1 Å². The van der Waals surface area contributed by atoms with Gasteiger partial charge in [-0.15, -0.1) is 0 Å². The van der Waals surface area contributed by atoms with E-state index in [1.54, 1.807) is 12.1 Å². The molecule has 0 unspecified atom stereocenters. The number of carbonyl (C=O) groups excluding carboxylic acids is 2. The molecule has 0 aliphatic heterocycles. The number of nitrogens with zero attached hydrogens (tertiary/aromatic N) is 2. The highest BCUT2D eigenvalue weighted by molar-refractivity contribution is 9.10. The van der Waals surface area contributed by atoms with Crippen LogP contribution in [0.25, 0.3) is 0 Å². The number of nitrogens with one attached hydrogen (secondary N) is 3. The second kappa shape index (κ2) is 9.53. The topological polar surface area (TPSA) is 116 Å². The zero-order chi connectivity index (χ0) is 25.2. The summed E-state index contributed by atoms with van der Waals surface area (Å²) >= 11 is 3.05. The fourth-order valence-corrected chi connectivity index (χ4v) is 3.69. The van der Waals surface area contributed by atoms with Crippen molar-refractivity contribution >= 4 is 39.1 Å². The highest BCUT2D eigenvalue weighted by atomic mass is 79.9. The van der Waals surface area contributed by atoms with Gasteiger partial charge in [0.15, 0.2) is 0 Å². The van der Waals surface area contributed by atoms with Crippen molar-refractivity contribution in [1.82, 2.24) is 20.6 Å². The van der Waals surface area contributed by atoms with Crippen molar-refractivity contribution in [1.29, 1.82) is 0 Å². The summed E-state index contributed by atoms with van der Waals surface area (Å²) in [6.45, 7) is 0.0660. The Morgan fingerprint density at radius 1 is 1.09 bits per heavy atom. The number of carbonyl (C=O) groups is 2. The molecule has 0 atom stereocenters. The van der Waals surface area contributed by atoms with Gasteiger partial charge in [-0.1, -0.05) is 15.9 Å². The van der Waals surface area contributed by atoms with Crippen LogP contribution in [0.3, 0.4) is 0 Å². The second-order valence-electron chi connectivity index (χ2n) is 8.00. The molecule has 8 nitrogen and oxygen atoms in total. The monoisotopic (exact) mass is 549 g/mol. The van der Waals surface area contributed by atoms with E-state index in [1.807, 2.05) is 0 Å². The van der Waals surface area contributed by atoms with Crippen LogP contribution in [0.4, 0.5) is 24.5 Å². The summed E-state index contributed by atoms with van der Waals surface area (Å²) in [5, 5.41) is 17.6. The number of anilines is 2. The minimum absolute atomic E-state index is 0.0660. The van der Waals surface area contributed by atoms with Gasteiger partial charge in [0, 0.05) is 10.7 Å². The van der Waals surface area contributed by atoms with Crippen molar-refractivity contribution in [3.05, 3.63) is 76.3 Å². The molecule has 2 aromatic heterocycles. The third-order valence-corrected chi connectivity index (χ3v) is 5.84. The summed E-state index contributed by atoms with van der Waals surface area (Å²) in [6.07, 6.45) is 0.235. The predicted molar refractivity (Wildman–Crippen MR) is 124 cm³/mol. The molecule has 2 heterocycles. The van der Waals surface area contributed by atoms with E-state index in [4.69, 9.17) is 0 Å². The van der Waals surface area contributed by atoms with E-state index in [-0.39, 0.29) is 29.5 Å². The van der Waals surface area contributed by atoms with Gasteiger partial charge in [0.1, 0.15) is 11.3 Å². The largest absolute Gasteiger partial charge is 0.506 e. The lowest BCUT2D eigenvalue weighted by molar-refractivity contribution is -0.137. The van der Waals surface area contributed by atoms with Gasteiger partial charge in [-0.05, 0) is 49.2 Å². The summed E-state index contributed by atoms with van der Waals surface area (Å²) in [4.78, 5) is 33.0. The van der Waals surface area contributed by atoms with E-state index in [1.165, 1.54) is 36.8 Å². The molecule has 1 saturated carbocycles. The predicted octanol–water partition coefficient (Wildman–Crippen LogP) is 4.29. The molecular weight excluding hydrogens is 531 g/mol. The van der Waals surface area contributed by atoms with Crippen molar-refractivity contribution in [3.63, 3.8) is 0 Å². The van der Waals surface area contributed by atoms with Crippen LogP contribution >= 0.6 is 15.9 Å². The SMILES string of the molecule is O=C(NC1(C(=O)NCc2ccc(Nc3ccc(Br)cc3C(F)(F)F)cn2)CC1)c1cncc(O)c1. The molecule has 35 heavy (non-hydrogen) atoms. The Morgan fingerprint density at radius 3 is 2.49 bits per heavy atom. The number of aromatic hydroxyl groups is 1. The van der Waals surface area contributed by atoms with Crippen LogP contribution in [-0.2, 0) is 17.5 Å². The Hall–Kier alpha value is -3.67. The number of benzene rings is 1. The van der Waals surface area contributed by atoms with Gasteiger partial charge >= 0.3 is 6.18 Å². The van der Waals surface area contributed by atoms with Crippen molar-refractivity contribution < 1.29 is 27.9 Å². The van der Waals surface area contributed by atoms with Crippen molar-refractivity contribution in [3.8, 4) is 5.75 Å². The molecule has 1 aromatic carbocycles. The van der Waals surface area contributed by atoms with Crippen LogP contribution in [-0.4, -0.2) is 32.4 Å². The fraction of sp³-hybridized carbons (Fsp3) is 0.217. The Labute approximate surface area is 206 Å². The quantitative estimate of drug-likeness (QED) is 0.349. The minimum atomic E-state index is -4.53. The van der Waals surface area contributed by atoms with Crippen LogP contribution < -0.4 is 16.0 Å². The Kier molecular flexibility index (Phi) is 6.66. The summed E-state index contributed by atoms with van der Waals surface area (Å²) < 4.78 is 40.2. The van der Waals surface area contributed by atoms with E-state index in [2.05, 4.69) is 41.8 Å². The lowest BCUT2D eigenvalue weighted by atomic mass is 10.1. The van der Waals surface area contributed by atoms with Gasteiger partial charge in [-0.2, -0.15) is 13.2 Å². The van der Waals surface area contributed by atoms with Gasteiger partial charge in [0.2, 0.25) is 5.91 Å². The number of amides is 2. The van der Waals surface area contributed by atoms with Crippen LogP contribution in [0.15, 0.2) is 59.5 Å². The second-order valence-corrected chi connectivity index (χ2v) is 8.92. The third-order valence-electron chi connectivity index (χ3n) is 5.34. The van der Waals surface area contributed by atoms with Crippen LogP contribution in [0.1, 0.15) is 34.5 Å². The van der Waals surface area contributed by atoms with Crippen molar-refractivity contribution in [2.24, 2.45) is 0 Å². The summed E-state index contributed by atoms with van der Waals surface area (Å²) in [5.41, 5.74) is -1.01. The molecule has 3 aromatic rings. The summed E-state index contributed by atoms with van der Waals surface area (Å²) in [6, 6.07) is 8.19.